The van der Waals surface area contributed by atoms with E-state index < -0.39 is 5.97 Å². The third kappa shape index (κ3) is 1.21. The molecular weight excluding hydrogens is 184 g/mol. The molecule has 1 aromatic carbocycles. The fourth-order valence-electron chi connectivity index (χ4n) is 1.42. The Labute approximate surface area is 79.4 Å². The number of carbonyl (C=O) groups is 1. The highest BCUT2D eigenvalue weighted by atomic mass is 32.1. The van der Waals surface area contributed by atoms with Gasteiger partial charge in [0.2, 0.25) is 0 Å². The number of thiophene rings is 1. The van der Waals surface area contributed by atoms with Gasteiger partial charge in [0.05, 0.1) is 5.56 Å². The largest absolute Gasteiger partial charge is 0.478 e. The van der Waals surface area contributed by atoms with Crippen LogP contribution in [0.25, 0.3) is 10.1 Å². The minimum absolute atomic E-state index is 0.394. The fourth-order valence-corrected chi connectivity index (χ4v) is 2.27. The van der Waals surface area contributed by atoms with Crippen LogP contribution >= 0.6 is 11.3 Å². The normalized spacial score (nSPS) is 10.5. The zero-order chi connectivity index (χ0) is 9.42. The second kappa shape index (κ2) is 2.85. The minimum Gasteiger partial charge on any atom is -0.478 e. The van der Waals surface area contributed by atoms with Crippen LogP contribution in [0, 0.1) is 6.92 Å². The first-order valence-electron chi connectivity index (χ1n) is 3.90. The molecule has 2 nitrogen and oxygen atoms in total. The van der Waals surface area contributed by atoms with Crippen molar-refractivity contribution in [3.8, 4) is 0 Å². The molecule has 0 atom stereocenters. The molecule has 0 aliphatic carbocycles. The molecule has 0 amide bonds. The van der Waals surface area contributed by atoms with Gasteiger partial charge in [-0.15, -0.1) is 11.3 Å². The minimum atomic E-state index is -0.856. The summed E-state index contributed by atoms with van der Waals surface area (Å²) >= 11 is 1.63. The summed E-state index contributed by atoms with van der Waals surface area (Å²) < 4.78 is 1.14. The highest BCUT2D eigenvalue weighted by Crippen LogP contribution is 2.26. The first-order valence-corrected chi connectivity index (χ1v) is 4.78. The number of carboxylic acid groups (broad SMARTS) is 1. The average molecular weight is 192 g/mol. The SMILES string of the molecule is Cc1c(C(=O)O)ccc2sccc12. The Balaban J connectivity index is 2.80. The van der Waals surface area contributed by atoms with Crippen molar-refractivity contribution < 1.29 is 9.90 Å². The van der Waals surface area contributed by atoms with Gasteiger partial charge in [0.25, 0.3) is 0 Å². The van der Waals surface area contributed by atoms with E-state index in [1.165, 1.54) is 0 Å². The van der Waals surface area contributed by atoms with Gasteiger partial charge in [-0.1, -0.05) is 0 Å². The standard InChI is InChI=1S/C10H8O2S/c1-6-7-4-5-13-9(7)3-2-8(6)10(11)12/h2-5H,1H3,(H,11,12). The van der Waals surface area contributed by atoms with Gasteiger partial charge in [-0.25, -0.2) is 4.79 Å². The van der Waals surface area contributed by atoms with Crippen molar-refractivity contribution in [2.24, 2.45) is 0 Å². The van der Waals surface area contributed by atoms with Crippen molar-refractivity contribution >= 4 is 27.4 Å². The predicted molar refractivity (Wildman–Crippen MR) is 53.5 cm³/mol. The smallest absolute Gasteiger partial charge is 0.335 e. The van der Waals surface area contributed by atoms with Crippen LogP contribution < -0.4 is 0 Å². The number of benzene rings is 1. The summed E-state index contributed by atoms with van der Waals surface area (Å²) in [5.41, 5.74) is 1.25. The van der Waals surface area contributed by atoms with E-state index in [1.54, 1.807) is 17.4 Å². The van der Waals surface area contributed by atoms with Gasteiger partial charge >= 0.3 is 5.97 Å². The summed E-state index contributed by atoms with van der Waals surface area (Å²) in [4.78, 5) is 10.8. The summed E-state index contributed by atoms with van der Waals surface area (Å²) in [5, 5.41) is 11.9. The van der Waals surface area contributed by atoms with E-state index in [4.69, 9.17) is 5.11 Å². The van der Waals surface area contributed by atoms with E-state index in [9.17, 15) is 4.79 Å². The first-order chi connectivity index (χ1) is 6.20. The van der Waals surface area contributed by atoms with Gasteiger partial charge in [0.1, 0.15) is 0 Å². The first kappa shape index (κ1) is 8.26. The monoisotopic (exact) mass is 192 g/mol. The molecule has 0 saturated carbocycles. The molecule has 1 N–H and O–H groups in total. The Morgan fingerprint density at radius 3 is 2.85 bits per heavy atom. The highest BCUT2D eigenvalue weighted by molar-refractivity contribution is 7.17. The molecule has 13 heavy (non-hydrogen) atoms. The zero-order valence-electron chi connectivity index (χ0n) is 7.07. The second-order valence-electron chi connectivity index (χ2n) is 2.88. The van der Waals surface area contributed by atoms with Crippen LogP contribution in [0.1, 0.15) is 15.9 Å². The Morgan fingerprint density at radius 2 is 2.15 bits per heavy atom. The molecule has 3 heteroatoms. The van der Waals surface area contributed by atoms with Crippen molar-refractivity contribution in [3.63, 3.8) is 0 Å². The molecule has 0 unspecified atom stereocenters. The number of hydrogen-bond donors (Lipinski definition) is 1. The number of hydrogen-bond acceptors (Lipinski definition) is 2. The molecule has 0 aliphatic rings. The number of rotatable bonds is 1. The van der Waals surface area contributed by atoms with Crippen LogP contribution in [0.3, 0.4) is 0 Å². The van der Waals surface area contributed by atoms with E-state index in [0.717, 1.165) is 15.6 Å². The maximum Gasteiger partial charge on any atom is 0.335 e. The lowest BCUT2D eigenvalue weighted by Gasteiger charge is -2.00. The van der Waals surface area contributed by atoms with Gasteiger partial charge in [-0.05, 0) is 41.5 Å². The Bertz CT molecular complexity index is 471. The predicted octanol–water partition coefficient (Wildman–Crippen LogP) is 2.91. The number of carboxylic acids is 1. The van der Waals surface area contributed by atoms with E-state index in [0.29, 0.717) is 5.56 Å². The van der Waals surface area contributed by atoms with Gasteiger partial charge in [-0.2, -0.15) is 0 Å². The van der Waals surface area contributed by atoms with Gasteiger partial charge < -0.3 is 5.11 Å². The molecule has 0 saturated heterocycles. The lowest BCUT2D eigenvalue weighted by molar-refractivity contribution is 0.0696. The third-order valence-corrected chi connectivity index (χ3v) is 3.02. The molecule has 0 bridgehead atoms. The van der Waals surface area contributed by atoms with Crippen molar-refractivity contribution in [2.75, 3.05) is 0 Å². The molecule has 0 fully saturated rings. The molecule has 2 rings (SSSR count). The maximum absolute atomic E-state index is 10.8. The van der Waals surface area contributed by atoms with Gasteiger partial charge in [0, 0.05) is 4.70 Å². The summed E-state index contributed by atoms with van der Waals surface area (Å²) in [7, 11) is 0. The van der Waals surface area contributed by atoms with Crippen LogP contribution in [0.2, 0.25) is 0 Å². The van der Waals surface area contributed by atoms with E-state index >= 15 is 0 Å². The average Bonchev–Trinajstić information content (AvgIpc) is 2.52. The zero-order valence-corrected chi connectivity index (χ0v) is 7.89. The molecule has 2 aromatic rings. The van der Waals surface area contributed by atoms with Gasteiger partial charge in [0.15, 0.2) is 0 Å². The highest BCUT2D eigenvalue weighted by Gasteiger charge is 2.09. The number of aryl methyl sites for hydroxylation is 1. The molecule has 0 aliphatic heterocycles. The van der Waals surface area contributed by atoms with E-state index in [2.05, 4.69) is 0 Å². The summed E-state index contributed by atoms with van der Waals surface area (Å²) in [6.45, 7) is 1.85. The Morgan fingerprint density at radius 1 is 1.38 bits per heavy atom. The molecule has 0 spiro atoms. The van der Waals surface area contributed by atoms with E-state index in [-0.39, 0.29) is 0 Å². The lowest BCUT2D eigenvalue weighted by Crippen LogP contribution is -1.98. The summed E-state index contributed by atoms with van der Waals surface area (Å²) in [6, 6.07) is 5.48. The van der Waals surface area contributed by atoms with Crippen molar-refractivity contribution in [2.45, 2.75) is 6.92 Å². The molecule has 0 radical (unpaired) electrons. The summed E-state index contributed by atoms with van der Waals surface area (Å²) in [6.07, 6.45) is 0. The molecule has 1 aromatic heterocycles. The quantitative estimate of drug-likeness (QED) is 0.754. The fraction of sp³-hybridized carbons (Fsp3) is 0.100. The third-order valence-electron chi connectivity index (χ3n) is 2.13. The maximum atomic E-state index is 10.8. The van der Waals surface area contributed by atoms with Crippen LogP contribution in [-0.2, 0) is 0 Å². The molecule has 66 valence electrons. The van der Waals surface area contributed by atoms with Crippen LogP contribution in [0.5, 0.6) is 0 Å². The molecular formula is C10H8O2S. The topological polar surface area (TPSA) is 37.3 Å². The van der Waals surface area contributed by atoms with Gasteiger partial charge in [-0.3, -0.25) is 0 Å². The van der Waals surface area contributed by atoms with Crippen molar-refractivity contribution in [1.82, 2.24) is 0 Å². The Kier molecular flexibility index (Phi) is 1.81. The molecule has 1 heterocycles. The second-order valence-corrected chi connectivity index (χ2v) is 3.82. The van der Waals surface area contributed by atoms with Crippen LogP contribution in [0.4, 0.5) is 0 Å². The summed E-state index contributed by atoms with van der Waals surface area (Å²) in [5.74, 6) is -0.856. The lowest BCUT2D eigenvalue weighted by atomic mass is 10.1. The number of aromatic carboxylic acids is 1. The van der Waals surface area contributed by atoms with Crippen molar-refractivity contribution in [1.29, 1.82) is 0 Å². The number of fused-ring (bicyclic) bond motifs is 1. The van der Waals surface area contributed by atoms with E-state index in [1.807, 2.05) is 24.4 Å². The van der Waals surface area contributed by atoms with Crippen LogP contribution in [0.15, 0.2) is 23.6 Å². The Hall–Kier alpha value is -1.35. The van der Waals surface area contributed by atoms with Crippen LogP contribution in [-0.4, -0.2) is 11.1 Å². The van der Waals surface area contributed by atoms with Crippen molar-refractivity contribution in [3.05, 3.63) is 34.7 Å².